The van der Waals surface area contributed by atoms with Crippen LogP contribution in [0.4, 0.5) is 0 Å². The molecule has 0 bridgehead atoms. The highest BCUT2D eigenvalue weighted by Crippen LogP contribution is 2.19. The molecule has 0 aliphatic carbocycles. The molecule has 0 aliphatic rings. The molecule has 0 N–H and O–H groups in total. The summed E-state index contributed by atoms with van der Waals surface area (Å²) in [7, 11) is 0. The lowest BCUT2D eigenvalue weighted by molar-refractivity contribution is 0.104. The maximum atomic E-state index is 12.1. The first-order chi connectivity index (χ1) is 10.3. The number of hydrogen-bond acceptors (Lipinski definition) is 2. The molecule has 3 rings (SSSR count). The van der Waals surface area contributed by atoms with Crippen LogP contribution in [-0.4, -0.2) is 5.78 Å². The molecular weight excluding hydrogens is 276 g/mol. The highest BCUT2D eigenvalue weighted by Gasteiger charge is 2.03. The molecule has 0 saturated heterocycles. The molecule has 1 nitrogen and oxygen atoms in total. The van der Waals surface area contributed by atoms with Gasteiger partial charge in [0, 0.05) is 10.4 Å². The zero-order valence-corrected chi connectivity index (χ0v) is 12.2. The number of allylic oxidation sites excluding steroid dienone is 1. The van der Waals surface area contributed by atoms with E-state index >= 15 is 0 Å². The molecule has 0 atom stereocenters. The SMILES string of the molecule is O=C(C=Cc1cccs1)c1ccc(-c2ccccc2)cc1. The van der Waals surface area contributed by atoms with Crippen molar-refractivity contribution in [2.75, 3.05) is 0 Å². The Morgan fingerprint density at radius 3 is 2.19 bits per heavy atom. The number of carbonyl (C=O) groups is 1. The number of carbonyl (C=O) groups excluding carboxylic acids is 1. The van der Waals surface area contributed by atoms with Crippen LogP contribution in [0.3, 0.4) is 0 Å². The zero-order valence-electron chi connectivity index (χ0n) is 11.4. The third-order valence-corrected chi connectivity index (χ3v) is 4.06. The Labute approximate surface area is 128 Å². The third-order valence-electron chi connectivity index (χ3n) is 3.22. The summed E-state index contributed by atoms with van der Waals surface area (Å²) in [6.07, 6.45) is 3.49. The minimum atomic E-state index is 0.0306. The molecule has 0 aliphatic heterocycles. The first-order valence-electron chi connectivity index (χ1n) is 6.74. The smallest absolute Gasteiger partial charge is 0.185 e. The van der Waals surface area contributed by atoms with Crippen molar-refractivity contribution in [2.45, 2.75) is 0 Å². The normalized spacial score (nSPS) is 10.9. The van der Waals surface area contributed by atoms with Crippen LogP contribution in [0.25, 0.3) is 17.2 Å². The summed E-state index contributed by atoms with van der Waals surface area (Å²) in [5, 5.41) is 2.00. The van der Waals surface area contributed by atoms with Gasteiger partial charge in [0.1, 0.15) is 0 Å². The summed E-state index contributed by atoms with van der Waals surface area (Å²) >= 11 is 1.62. The standard InChI is InChI=1S/C19H14OS/c20-19(13-12-18-7-4-14-21-18)17-10-8-16(9-11-17)15-5-2-1-3-6-15/h1-14H. The van der Waals surface area contributed by atoms with Crippen molar-refractivity contribution in [1.82, 2.24) is 0 Å². The maximum Gasteiger partial charge on any atom is 0.185 e. The fraction of sp³-hybridized carbons (Fsp3) is 0. The summed E-state index contributed by atoms with van der Waals surface area (Å²) in [4.78, 5) is 13.2. The first-order valence-corrected chi connectivity index (χ1v) is 7.62. The number of rotatable bonds is 4. The van der Waals surface area contributed by atoms with E-state index in [0.717, 1.165) is 16.0 Å². The minimum absolute atomic E-state index is 0.0306. The Kier molecular flexibility index (Phi) is 4.08. The number of thiophene rings is 1. The van der Waals surface area contributed by atoms with Gasteiger partial charge in [-0.25, -0.2) is 0 Å². The van der Waals surface area contributed by atoms with Gasteiger partial charge in [0.25, 0.3) is 0 Å². The van der Waals surface area contributed by atoms with E-state index in [1.165, 1.54) is 0 Å². The molecule has 0 spiro atoms. The van der Waals surface area contributed by atoms with Crippen molar-refractivity contribution in [3.05, 3.63) is 88.6 Å². The van der Waals surface area contributed by atoms with Gasteiger partial charge in [-0.05, 0) is 34.7 Å². The Balaban J connectivity index is 1.76. The van der Waals surface area contributed by atoms with Crippen molar-refractivity contribution < 1.29 is 4.79 Å². The van der Waals surface area contributed by atoms with Crippen LogP contribution in [0.15, 0.2) is 78.2 Å². The average molecular weight is 290 g/mol. The Morgan fingerprint density at radius 2 is 1.52 bits per heavy atom. The van der Waals surface area contributed by atoms with Crippen LogP contribution in [0.5, 0.6) is 0 Å². The van der Waals surface area contributed by atoms with Crippen LogP contribution in [0, 0.1) is 0 Å². The van der Waals surface area contributed by atoms with Crippen LogP contribution < -0.4 is 0 Å². The third kappa shape index (κ3) is 3.36. The molecule has 3 aromatic rings. The summed E-state index contributed by atoms with van der Waals surface area (Å²) in [6.45, 7) is 0. The van der Waals surface area contributed by atoms with Gasteiger partial charge in [-0.3, -0.25) is 4.79 Å². The van der Waals surface area contributed by atoms with Gasteiger partial charge in [-0.15, -0.1) is 11.3 Å². The maximum absolute atomic E-state index is 12.1. The lowest BCUT2D eigenvalue weighted by Crippen LogP contribution is -1.93. The summed E-state index contributed by atoms with van der Waals surface area (Å²) in [5.41, 5.74) is 2.99. The molecule has 0 radical (unpaired) electrons. The van der Waals surface area contributed by atoms with Crippen LogP contribution >= 0.6 is 11.3 Å². The van der Waals surface area contributed by atoms with E-state index in [-0.39, 0.29) is 5.78 Å². The van der Waals surface area contributed by atoms with E-state index in [1.54, 1.807) is 17.4 Å². The predicted octanol–water partition coefficient (Wildman–Crippen LogP) is 5.31. The fourth-order valence-corrected chi connectivity index (χ4v) is 2.72. The second-order valence-electron chi connectivity index (χ2n) is 4.66. The van der Waals surface area contributed by atoms with E-state index in [1.807, 2.05) is 66.1 Å². The summed E-state index contributed by atoms with van der Waals surface area (Å²) < 4.78 is 0. The summed E-state index contributed by atoms with van der Waals surface area (Å²) in [5.74, 6) is 0.0306. The van der Waals surface area contributed by atoms with Crippen molar-refractivity contribution in [1.29, 1.82) is 0 Å². The van der Waals surface area contributed by atoms with Gasteiger partial charge < -0.3 is 0 Å². The molecule has 21 heavy (non-hydrogen) atoms. The largest absolute Gasteiger partial charge is 0.289 e. The van der Waals surface area contributed by atoms with E-state index in [9.17, 15) is 4.79 Å². The van der Waals surface area contributed by atoms with Gasteiger partial charge in [0.15, 0.2) is 5.78 Å². The van der Waals surface area contributed by atoms with Crippen LogP contribution in [0.1, 0.15) is 15.2 Å². The second-order valence-corrected chi connectivity index (χ2v) is 5.64. The number of ketones is 1. The zero-order chi connectivity index (χ0) is 14.5. The lowest BCUT2D eigenvalue weighted by Gasteiger charge is -2.02. The summed E-state index contributed by atoms with van der Waals surface area (Å²) in [6, 6.07) is 21.8. The first kappa shape index (κ1) is 13.5. The molecule has 102 valence electrons. The van der Waals surface area contributed by atoms with Gasteiger partial charge in [0.2, 0.25) is 0 Å². The Morgan fingerprint density at radius 1 is 0.810 bits per heavy atom. The van der Waals surface area contributed by atoms with Crippen molar-refractivity contribution in [3.8, 4) is 11.1 Å². The molecule has 0 unspecified atom stereocenters. The van der Waals surface area contributed by atoms with Gasteiger partial charge in [-0.1, -0.05) is 60.7 Å². The monoisotopic (exact) mass is 290 g/mol. The molecule has 2 aromatic carbocycles. The fourth-order valence-electron chi connectivity index (χ4n) is 2.10. The van der Waals surface area contributed by atoms with Crippen molar-refractivity contribution >= 4 is 23.2 Å². The quantitative estimate of drug-likeness (QED) is 0.470. The molecule has 2 heteroatoms. The Hall–Kier alpha value is -2.45. The Bertz CT molecular complexity index is 738. The van der Waals surface area contributed by atoms with Crippen molar-refractivity contribution in [2.24, 2.45) is 0 Å². The topological polar surface area (TPSA) is 17.1 Å². The van der Waals surface area contributed by atoms with Gasteiger partial charge >= 0.3 is 0 Å². The van der Waals surface area contributed by atoms with E-state index in [0.29, 0.717) is 5.56 Å². The number of hydrogen-bond donors (Lipinski definition) is 0. The second kappa shape index (κ2) is 6.33. The van der Waals surface area contributed by atoms with E-state index < -0.39 is 0 Å². The number of benzene rings is 2. The van der Waals surface area contributed by atoms with Gasteiger partial charge in [0.05, 0.1) is 0 Å². The molecule has 0 fully saturated rings. The molecule has 0 amide bonds. The molecule has 1 heterocycles. The average Bonchev–Trinajstić information content (AvgIpc) is 3.07. The minimum Gasteiger partial charge on any atom is -0.289 e. The van der Waals surface area contributed by atoms with E-state index in [2.05, 4.69) is 12.1 Å². The highest BCUT2D eigenvalue weighted by molar-refractivity contribution is 7.10. The van der Waals surface area contributed by atoms with Crippen LogP contribution in [0.2, 0.25) is 0 Å². The predicted molar refractivity (Wildman–Crippen MR) is 89.6 cm³/mol. The van der Waals surface area contributed by atoms with Crippen molar-refractivity contribution in [3.63, 3.8) is 0 Å². The molecular formula is C19H14OS. The lowest BCUT2D eigenvalue weighted by atomic mass is 10.0. The van der Waals surface area contributed by atoms with Gasteiger partial charge in [-0.2, -0.15) is 0 Å². The molecule has 1 aromatic heterocycles. The molecule has 0 saturated carbocycles. The van der Waals surface area contributed by atoms with E-state index in [4.69, 9.17) is 0 Å². The highest BCUT2D eigenvalue weighted by atomic mass is 32.1. The van der Waals surface area contributed by atoms with Crippen LogP contribution in [-0.2, 0) is 0 Å².